The van der Waals surface area contributed by atoms with Gasteiger partial charge in [-0.2, -0.15) is 0 Å². The highest BCUT2D eigenvalue weighted by atomic mass is 32.1. The first kappa shape index (κ1) is 16.2. The zero-order valence-electron chi connectivity index (χ0n) is 14.3. The van der Waals surface area contributed by atoms with Crippen molar-refractivity contribution in [1.82, 2.24) is 4.98 Å². The Morgan fingerprint density at radius 2 is 1.96 bits per heavy atom. The molecule has 0 spiro atoms. The van der Waals surface area contributed by atoms with E-state index in [4.69, 9.17) is 4.74 Å². The van der Waals surface area contributed by atoms with Crippen molar-refractivity contribution in [2.75, 3.05) is 25.1 Å². The van der Waals surface area contributed by atoms with Gasteiger partial charge in [0.2, 0.25) is 0 Å². The maximum absolute atomic E-state index is 9.98. The van der Waals surface area contributed by atoms with E-state index in [1.807, 2.05) is 23.7 Å². The maximum atomic E-state index is 9.98. The Balaban J connectivity index is 1.43. The third-order valence-electron chi connectivity index (χ3n) is 5.04. The molecule has 0 saturated carbocycles. The summed E-state index contributed by atoms with van der Waals surface area (Å²) < 4.78 is 6.40. The molecular formula is C20H22N2O2S. The first-order chi connectivity index (χ1) is 12.2. The lowest BCUT2D eigenvalue weighted by molar-refractivity contribution is 0.402. The van der Waals surface area contributed by atoms with Crippen LogP contribution in [0.3, 0.4) is 0 Å². The topological polar surface area (TPSA) is 45.6 Å². The molecule has 4 nitrogen and oxygen atoms in total. The van der Waals surface area contributed by atoms with Gasteiger partial charge in [0.1, 0.15) is 11.5 Å². The van der Waals surface area contributed by atoms with Crippen LogP contribution in [0.2, 0.25) is 0 Å². The number of aromatic nitrogens is 1. The van der Waals surface area contributed by atoms with Crippen LogP contribution in [0.5, 0.6) is 11.5 Å². The number of ether oxygens (including phenoxy) is 1. The number of rotatable bonds is 4. The van der Waals surface area contributed by atoms with E-state index in [9.17, 15) is 5.11 Å². The van der Waals surface area contributed by atoms with E-state index < -0.39 is 0 Å². The van der Waals surface area contributed by atoms with Gasteiger partial charge in [-0.15, -0.1) is 11.3 Å². The van der Waals surface area contributed by atoms with E-state index in [1.54, 1.807) is 24.5 Å². The van der Waals surface area contributed by atoms with Crippen LogP contribution in [0.1, 0.15) is 18.4 Å². The molecular weight excluding hydrogens is 332 g/mol. The Bertz CT molecular complexity index is 852. The highest BCUT2D eigenvalue weighted by Crippen LogP contribution is 2.36. The van der Waals surface area contributed by atoms with Crippen LogP contribution in [0.15, 0.2) is 41.9 Å². The third-order valence-corrected chi connectivity index (χ3v) is 5.90. The van der Waals surface area contributed by atoms with Crippen LogP contribution < -0.4 is 9.64 Å². The first-order valence-electron chi connectivity index (χ1n) is 8.67. The molecule has 0 aliphatic carbocycles. The van der Waals surface area contributed by atoms with E-state index >= 15 is 0 Å². The van der Waals surface area contributed by atoms with Crippen molar-refractivity contribution >= 4 is 27.2 Å². The molecule has 2 heterocycles. The number of phenolic OH excluding ortho intramolecular Hbond substituents is 1. The van der Waals surface area contributed by atoms with E-state index in [0.29, 0.717) is 11.7 Å². The molecule has 0 unspecified atom stereocenters. The number of anilines is 1. The minimum atomic E-state index is 0.300. The SMILES string of the molecule is COc1ccc(CC2CCN(c3cc(O)cc4ncsc34)CC2)cc1. The number of aromatic hydroxyl groups is 1. The van der Waals surface area contributed by atoms with Crippen LogP contribution in [0.4, 0.5) is 5.69 Å². The van der Waals surface area contributed by atoms with Crippen LogP contribution in [-0.4, -0.2) is 30.3 Å². The highest BCUT2D eigenvalue weighted by Gasteiger charge is 2.22. The Morgan fingerprint density at radius 3 is 2.68 bits per heavy atom. The van der Waals surface area contributed by atoms with E-state index in [1.165, 1.54) is 23.1 Å². The molecule has 25 heavy (non-hydrogen) atoms. The van der Waals surface area contributed by atoms with Gasteiger partial charge in [-0.05, 0) is 42.9 Å². The van der Waals surface area contributed by atoms with Crippen molar-refractivity contribution in [3.05, 3.63) is 47.5 Å². The van der Waals surface area contributed by atoms with Gasteiger partial charge in [0, 0.05) is 25.2 Å². The summed E-state index contributed by atoms with van der Waals surface area (Å²) in [4.78, 5) is 6.74. The predicted molar refractivity (Wildman–Crippen MR) is 103 cm³/mol. The van der Waals surface area contributed by atoms with Crippen LogP contribution >= 0.6 is 11.3 Å². The number of fused-ring (bicyclic) bond motifs is 1. The van der Waals surface area contributed by atoms with Gasteiger partial charge in [-0.3, -0.25) is 0 Å². The second kappa shape index (κ2) is 6.92. The number of hydrogen-bond donors (Lipinski definition) is 1. The van der Waals surface area contributed by atoms with Crippen molar-refractivity contribution in [1.29, 1.82) is 0 Å². The van der Waals surface area contributed by atoms with E-state index in [2.05, 4.69) is 22.0 Å². The van der Waals surface area contributed by atoms with Crippen molar-refractivity contribution < 1.29 is 9.84 Å². The summed E-state index contributed by atoms with van der Waals surface area (Å²) in [7, 11) is 1.70. The summed E-state index contributed by atoms with van der Waals surface area (Å²) in [6.07, 6.45) is 3.46. The summed E-state index contributed by atoms with van der Waals surface area (Å²) in [5, 5.41) is 9.98. The molecule has 1 fully saturated rings. The van der Waals surface area contributed by atoms with Crippen LogP contribution in [-0.2, 0) is 6.42 Å². The fourth-order valence-electron chi connectivity index (χ4n) is 3.64. The zero-order chi connectivity index (χ0) is 17.2. The molecule has 1 saturated heterocycles. The summed E-state index contributed by atoms with van der Waals surface area (Å²) in [5.74, 6) is 1.92. The lowest BCUT2D eigenvalue weighted by Gasteiger charge is -2.34. The second-order valence-corrected chi connectivity index (χ2v) is 7.50. The monoisotopic (exact) mass is 354 g/mol. The van der Waals surface area contributed by atoms with Crippen molar-refractivity contribution in [2.45, 2.75) is 19.3 Å². The summed E-state index contributed by atoms with van der Waals surface area (Å²) in [6, 6.07) is 12.0. The maximum Gasteiger partial charge on any atom is 0.119 e. The molecule has 5 heteroatoms. The van der Waals surface area contributed by atoms with Gasteiger partial charge < -0.3 is 14.7 Å². The molecule has 1 aliphatic heterocycles. The number of methoxy groups -OCH3 is 1. The largest absolute Gasteiger partial charge is 0.508 e. The number of thiazole rings is 1. The van der Waals surface area contributed by atoms with E-state index in [0.717, 1.165) is 36.5 Å². The minimum Gasteiger partial charge on any atom is -0.508 e. The summed E-state index contributed by atoms with van der Waals surface area (Å²) in [5.41, 5.74) is 5.24. The van der Waals surface area contributed by atoms with Crippen molar-refractivity contribution in [2.24, 2.45) is 5.92 Å². The Kier molecular flexibility index (Phi) is 4.49. The highest BCUT2D eigenvalue weighted by molar-refractivity contribution is 7.17. The van der Waals surface area contributed by atoms with Crippen LogP contribution in [0, 0.1) is 5.92 Å². The van der Waals surface area contributed by atoms with Gasteiger partial charge in [-0.25, -0.2) is 4.98 Å². The predicted octanol–water partition coefficient (Wildman–Crippen LogP) is 4.47. The Morgan fingerprint density at radius 1 is 1.20 bits per heavy atom. The molecule has 2 aromatic carbocycles. The lowest BCUT2D eigenvalue weighted by Crippen LogP contribution is -2.34. The number of hydrogen-bond acceptors (Lipinski definition) is 5. The van der Waals surface area contributed by atoms with Crippen molar-refractivity contribution in [3.8, 4) is 11.5 Å². The molecule has 0 atom stereocenters. The summed E-state index contributed by atoms with van der Waals surface area (Å²) >= 11 is 1.65. The van der Waals surface area contributed by atoms with E-state index in [-0.39, 0.29) is 0 Å². The number of piperidine rings is 1. The fraction of sp³-hybridized carbons (Fsp3) is 0.350. The Labute approximate surface area is 151 Å². The minimum absolute atomic E-state index is 0.300. The molecule has 0 bridgehead atoms. The van der Waals surface area contributed by atoms with Crippen LogP contribution in [0.25, 0.3) is 10.2 Å². The molecule has 1 aromatic heterocycles. The van der Waals surface area contributed by atoms with Crippen molar-refractivity contribution in [3.63, 3.8) is 0 Å². The number of phenols is 1. The average Bonchev–Trinajstić information content (AvgIpc) is 3.11. The molecule has 1 N–H and O–H groups in total. The van der Waals surface area contributed by atoms with Gasteiger partial charge in [0.25, 0.3) is 0 Å². The quantitative estimate of drug-likeness (QED) is 0.751. The third kappa shape index (κ3) is 3.42. The molecule has 1 aliphatic rings. The molecule has 130 valence electrons. The zero-order valence-corrected chi connectivity index (χ0v) is 15.1. The standard InChI is InChI=1S/C20H22N2O2S/c1-24-17-4-2-14(3-5-17)10-15-6-8-22(9-7-15)19-12-16(23)11-18-20(19)25-13-21-18/h2-5,11-13,15,23H,6-10H2,1H3. The lowest BCUT2D eigenvalue weighted by atomic mass is 9.90. The molecule has 0 amide bonds. The Hall–Kier alpha value is -2.27. The molecule has 0 radical (unpaired) electrons. The van der Waals surface area contributed by atoms with Gasteiger partial charge in [0.15, 0.2) is 0 Å². The molecule has 3 aromatic rings. The summed E-state index contributed by atoms with van der Waals surface area (Å²) in [6.45, 7) is 2.05. The normalized spacial score (nSPS) is 15.6. The van der Waals surface area contributed by atoms with Gasteiger partial charge in [0.05, 0.1) is 28.5 Å². The number of nitrogens with zero attached hydrogens (tertiary/aromatic N) is 2. The van der Waals surface area contributed by atoms with Gasteiger partial charge in [-0.1, -0.05) is 12.1 Å². The number of benzene rings is 2. The average molecular weight is 354 g/mol. The fourth-order valence-corrected chi connectivity index (χ4v) is 4.46. The molecule has 4 rings (SSSR count). The first-order valence-corrected chi connectivity index (χ1v) is 9.55. The van der Waals surface area contributed by atoms with Gasteiger partial charge >= 0.3 is 0 Å². The second-order valence-electron chi connectivity index (χ2n) is 6.65. The smallest absolute Gasteiger partial charge is 0.119 e.